The van der Waals surface area contributed by atoms with E-state index in [2.05, 4.69) is 209 Å². The lowest BCUT2D eigenvalue weighted by molar-refractivity contribution is 0.112. The first-order valence-corrected chi connectivity index (χ1v) is 27.7. The fraction of sp³-hybridized carbons (Fsp3) is 0.510. The van der Waals surface area contributed by atoms with Crippen LogP contribution in [-0.4, -0.2) is 40.0 Å². The fourth-order valence-electron chi connectivity index (χ4n) is 8.18. The smallest absolute Gasteiger partial charge is 0.228 e. The number of hydroxylamine groups is 2. The molecule has 8 heteroatoms. The van der Waals surface area contributed by atoms with Gasteiger partial charge in [0.2, 0.25) is 16.6 Å². The molecule has 0 spiro atoms. The van der Waals surface area contributed by atoms with Gasteiger partial charge in [0.25, 0.3) is 0 Å². The first kappa shape index (κ1) is 44.8. The highest BCUT2D eigenvalue weighted by molar-refractivity contribution is 6.74. The number of hydrogen-bond donors (Lipinski definition) is 0. The Bertz CT molecular complexity index is 1990. The largest absolute Gasteiger partial charge is 0.338 e. The highest BCUT2D eigenvalue weighted by Crippen LogP contribution is 2.53. The Kier molecular flexibility index (Phi) is 12.1. The van der Waals surface area contributed by atoms with Gasteiger partial charge in [-0.15, -0.1) is 0 Å². The minimum absolute atomic E-state index is 0.00110. The van der Waals surface area contributed by atoms with E-state index in [1.54, 1.807) is 0 Å². The van der Waals surface area contributed by atoms with Crippen molar-refractivity contribution >= 4 is 45.7 Å². The third kappa shape index (κ3) is 9.17. The third-order valence-electron chi connectivity index (χ3n) is 13.6. The number of rotatable bonds is 11. The summed E-state index contributed by atoms with van der Waals surface area (Å²) in [4.78, 5) is 14.3. The van der Waals surface area contributed by atoms with Crippen LogP contribution in [0.3, 0.4) is 0 Å². The third-order valence-corrected chi connectivity index (χ3v) is 22.1. The quantitative estimate of drug-likeness (QED) is 0.0649. The van der Waals surface area contributed by atoms with Gasteiger partial charge < -0.3 is 14.0 Å². The van der Waals surface area contributed by atoms with E-state index in [-0.39, 0.29) is 27.1 Å². The van der Waals surface area contributed by atoms with Gasteiger partial charge in [-0.05, 0) is 167 Å². The fourth-order valence-corrected chi connectivity index (χ4v) is 10.4. The Morgan fingerprint density at radius 3 is 1.42 bits per heavy atom. The Balaban J connectivity index is 1.41. The zero-order chi connectivity index (χ0) is 43.5. The van der Waals surface area contributed by atoms with E-state index >= 15 is 0 Å². The van der Waals surface area contributed by atoms with Crippen LogP contribution in [0.15, 0.2) is 91.0 Å². The second kappa shape index (κ2) is 16.0. The van der Waals surface area contributed by atoms with Crippen molar-refractivity contribution in [1.82, 2.24) is 0 Å². The van der Waals surface area contributed by atoms with E-state index in [0.29, 0.717) is 12.0 Å². The lowest BCUT2D eigenvalue weighted by Gasteiger charge is -2.46. The molecule has 0 saturated heterocycles. The summed E-state index contributed by atoms with van der Waals surface area (Å²) in [6.07, 6.45) is 4.52. The molecule has 6 rings (SSSR count). The minimum Gasteiger partial charge on any atom is -0.338 e. The number of fused-ring (bicyclic) bond motifs is 3. The highest BCUT2D eigenvalue weighted by atomic mass is 28.4. The lowest BCUT2D eigenvalue weighted by Crippen LogP contribution is -2.52. The van der Waals surface area contributed by atoms with Gasteiger partial charge in [-0.2, -0.15) is 0 Å². The molecule has 1 fully saturated rings. The summed E-state index contributed by atoms with van der Waals surface area (Å²) in [5.74, 6) is 0.470. The molecule has 2 atom stereocenters. The van der Waals surface area contributed by atoms with Crippen LogP contribution in [0.1, 0.15) is 147 Å². The molecule has 0 N–H and O–H groups in total. The van der Waals surface area contributed by atoms with Crippen molar-refractivity contribution in [3.8, 4) is 0 Å². The molecule has 0 bridgehead atoms. The maximum Gasteiger partial charge on any atom is 0.228 e. The molecule has 6 nitrogen and oxygen atoms in total. The zero-order valence-corrected chi connectivity index (χ0v) is 41.2. The number of nitrogens with zero attached hydrogens (tertiary/aromatic N) is 3. The molecule has 1 saturated carbocycles. The Morgan fingerprint density at radius 1 is 0.610 bits per heavy atom. The molecule has 318 valence electrons. The van der Waals surface area contributed by atoms with Crippen molar-refractivity contribution in [3.63, 3.8) is 0 Å². The van der Waals surface area contributed by atoms with Crippen LogP contribution in [0.2, 0.25) is 36.3 Å². The van der Waals surface area contributed by atoms with E-state index < -0.39 is 16.6 Å². The number of hydrogen-bond acceptors (Lipinski definition) is 6. The molecular formula is C51H73N3O3Si2. The molecule has 1 aliphatic carbocycles. The monoisotopic (exact) mass is 832 g/mol. The van der Waals surface area contributed by atoms with Crippen LogP contribution < -0.4 is 15.0 Å². The van der Waals surface area contributed by atoms with E-state index in [9.17, 15) is 4.79 Å². The first-order chi connectivity index (χ1) is 27.2. The van der Waals surface area contributed by atoms with Crippen LogP contribution in [0.25, 0.3) is 0 Å². The molecule has 1 aliphatic heterocycles. The molecule has 1 heterocycles. The normalized spacial score (nSPS) is 17.6. The number of carbonyl (C=O) groups is 1. The van der Waals surface area contributed by atoms with Gasteiger partial charge >= 0.3 is 0 Å². The van der Waals surface area contributed by atoms with Crippen LogP contribution in [0.5, 0.6) is 0 Å². The van der Waals surface area contributed by atoms with Crippen molar-refractivity contribution in [2.45, 2.75) is 168 Å². The standard InChI is InChI=1S/C51H73N3O3Si2/c1-48(2,3)53(56-58(13,14)50(7,8)9)41-29-23-38(24-30-41)47(39-25-31-42(32-26-39)54(49(4,5)6)57-59(15,16)51(10,11)12)37-21-27-40(28-22-37)52-45-19-17-18-43(45)44-34-36(35-55)20-33-46(44)52/h20-35,43,45,47H,17-19H2,1-16H3. The summed E-state index contributed by atoms with van der Waals surface area (Å²) >= 11 is 0. The zero-order valence-electron chi connectivity index (χ0n) is 39.2. The molecule has 0 radical (unpaired) electrons. The van der Waals surface area contributed by atoms with Crippen molar-refractivity contribution < 1.29 is 13.8 Å². The topological polar surface area (TPSA) is 45.2 Å². The number of aldehydes is 1. The van der Waals surface area contributed by atoms with E-state index in [1.807, 2.05) is 6.07 Å². The molecule has 4 aromatic rings. The predicted molar refractivity (Wildman–Crippen MR) is 256 cm³/mol. The van der Waals surface area contributed by atoms with Gasteiger partial charge in [0.05, 0.1) is 22.5 Å². The van der Waals surface area contributed by atoms with E-state index in [4.69, 9.17) is 9.05 Å². The Morgan fingerprint density at radius 2 is 1.03 bits per heavy atom. The average molecular weight is 832 g/mol. The maximum absolute atomic E-state index is 11.7. The molecular weight excluding hydrogens is 759 g/mol. The van der Waals surface area contributed by atoms with Crippen LogP contribution in [0, 0.1) is 0 Å². The molecule has 2 aliphatic rings. The van der Waals surface area contributed by atoms with E-state index in [0.717, 1.165) is 29.6 Å². The summed E-state index contributed by atoms with van der Waals surface area (Å²) in [7, 11) is -4.23. The van der Waals surface area contributed by atoms with Crippen molar-refractivity contribution in [3.05, 3.63) is 119 Å². The highest BCUT2D eigenvalue weighted by Gasteiger charge is 2.44. The predicted octanol–water partition coefficient (Wildman–Crippen LogP) is 14.6. The average Bonchev–Trinajstić information content (AvgIpc) is 3.73. The lowest BCUT2D eigenvalue weighted by atomic mass is 9.84. The van der Waals surface area contributed by atoms with Gasteiger partial charge in [0.15, 0.2) is 0 Å². The van der Waals surface area contributed by atoms with Gasteiger partial charge in [0, 0.05) is 34.8 Å². The summed E-state index contributed by atoms with van der Waals surface area (Å²) in [5, 5.41) is 4.45. The Labute approximate surface area is 359 Å². The molecule has 2 unspecified atom stereocenters. The molecule has 59 heavy (non-hydrogen) atoms. The molecule has 4 aromatic carbocycles. The number of carbonyl (C=O) groups excluding carboxylic acids is 1. The second-order valence-corrected chi connectivity index (χ2v) is 31.7. The number of anilines is 4. The van der Waals surface area contributed by atoms with Crippen molar-refractivity contribution in [2.24, 2.45) is 0 Å². The summed E-state index contributed by atoms with van der Waals surface area (Å²) < 4.78 is 14.0. The molecule has 0 amide bonds. The Hall–Kier alpha value is -3.70. The van der Waals surface area contributed by atoms with Gasteiger partial charge in [-0.25, -0.2) is 0 Å². The summed E-state index contributed by atoms with van der Waals surface area (Å²) in [6.45, 7) is 36.4. The van der Waals surface area contributed by atoms with Crippen LogP contribution >= 0.6 is 0 Å². The second-order valence-electron chi connectivity index (χ2n) is 22.3. The first-order valence-electron chi connectivity index (χ1n) is 21.9. The van der Waals surface area contributed by atoms with Crippen LogP contribution in [-0.2, 0) is 9.05 Å². The van der Waals surface area contributed by atoms with Crippen LogP contribution in [0.4, 0.5) is 22.7 Å². The molecule has 0 aromatic heterocycles. The SMILES string of the molecule is CC(C)(C)N(O[Si](C)(C)C(C)(C)C)c1ccc(C(c2ccc(N3c4ccc(C=O)cc4C4CCCC43)cc2)c2ccc(N(O[Si](C)(C)C(C)(C)C)C(C)(C)C)cc2)cc1. The van der Waals surface area contributed by atoms with Gasteiger partial charge in [-0.3, -0.25) is 14.9 Å². The summed E-state index contributed by atoms with van der Waals surface area (Å²) in [6, 6.07) is 34.1. The van der Waals surface area contributed by atoms with Gasteiger partial charge in [0.1, 0.15) is 6.29 Å². The van der Waals surface area contributed by atoms with E-state index in [1.165, 1.54) is 46.5 Å². The van der Waals surface area contributed by atoms with Gasteiger partial charge in [-0.1, -0.05) is 84.4 Å². The minimum atomic E-state index is -2.11. The summed E-state index contributed by atoms with van der Waals surface area (Å²) in [5.41, 5.74) is 9.91. The van der Waals surface area contributed by atoms with Crippen molar-refractivity contribution in [2.75, 3.05) is 15.0 Å². The maximum atomic E-state index is 11.7. The van der Waals surface area contributed by atoms with Crippen molar-refractivity contribution in [1.29, 1.82) is 0 Å². The number of benzene rings is 4.